The van der Waals surface area contributed by atoms with Crippen molar-refractivity contribution in [1.29, 1.82) is 0 Å². The third-order valence-electron chi connectivity index (χ3n) is 3.39. The maximum Gasteiger partial charge on any atom is 0.410 e. The van der Waals surface area contributed by atoms with Gasteiger partial charge in [-0.2, -0.15) is 0 Å². The summed E-state index contributed by atoms with van der Waals surface area (Å²) in [5.74, 6) is -2.05. The minimum atomic E-state index is -1.02. The number of aliphatic hydroxyl groups is 1. The van der Waals surface area contributed by atoms with Crippen molar-refractivity contribution >= 4 is 12.1 Å². The Hall–Kier alpha value is -2.66. The lowest BCUT2D eigenvalue weighted by atomic mass is 10.2. The van der Waals surface area contributed by atoms with Gasteiger partial charge in [-0.25, -0.2) is 14.6 Å². The van der Waals surface area contributed by atoms with Gasteiger partial charge in [-0.05, 0) is 27.7 Å². The number of hydrogen-bond donors (Lipinski definition) is 3. The van der Waals surface area contributed by atoms with Gasteiger partial charge in [-0.1, -0.05) is 0 Å². The number of aromatic hydroxyl groups is 1. The molecule has 0 aliphatic heterocycles. The molecule has 28 heavy (non-hydrogen) atoms. The van der Waals surface area contributed by atoms with E-state index in [9.17, 15) is 24.6 Å². The first-order chi connectivity index (χ1) is 12.9. The first-order valence-electron chi connectivity index (χ1n) is 8.50. The van der Waals surface area contributed by atoms with Crippen LogP contribution in [-0.4, -0.2) is 76.2 Å². The Kier molecular flexibility index (Phi) is 7.94. The molecule has 3 N–H and O–H groups in total. The molecule has 0 aromatic carbocycles. The second kappa shape index (κ2) is 9.51. The largest absolute Gasteiger partial charge is 0.501 e. The second-order valence-electron chi connectivity index (χ2n) is 7.13. The Morgan fingerprint density at radius 1 is 1.29 bits per heavy atom. The van der Waals surface area contributed by atoms with E-state index >= 15 is 0 Å². The highest BCUT2D eigenvalue weighted by molar-refractivity contribution is 5.89. The number of H-pyrrole nitrogens is 1. The van der Waals surface area contributed by atoms with Gasteiger partial charge in [0.25, 0.3) is 5.56 Å². The maximum atomic E-state index is 12.4. The molecule has 0 aliphatic rings. The zero-order valence-electron chi connectivity index (χ0n) is 16.8. The number of aromatic nitrogens is 2. The number of nitrogens with one attached hydrogen (secondary N) is 1. The smallest absolute Gasteiger partial charge is 0.410 e. The third kappa shape index (κ3) is 6.50. The molecule has 11 nitrogen and oxygen atoms in total. The lowest BCUT2D eigenvalue weighted by Gasteiger charge is -2.30. The zero-order valence-corrected chi connectivity index (χ0v) is 16.8. The van der Waals surface area contributed by atoms with Gasteiger partial charge in [0.15, 0.2) is 5.69 Å². The van der Waals surface area contributed by atoms with Gasteiger partial charge >= 0.3 is 12.1 Å². The van der Waals surface area contributed by atoms with Crippen LogP contribution in [0.25, 0.3) is 0 Å². The molecule has 0 spiro atoms. The Bertz CT molecular complexity index is 754. The quantitative estimate of drug-likeness (QED) is 0.557. The highest BCUT2D eigenvalue weighted by Gasteiger charge is 2.30. The minimum absolute atomic E-state index is 0.0369. The molecule has 0 fully saturated rings. The van der Waals surface area contributed by atoms with Gasteiger partial charge in [0.05, 0.1) is 26.4 Å². The summed E-state index contributed by atoms with van der Waals surface area (Å²) in [6, 6.07) is -0.981. The van der Waals surface area contributed by atoms with Gasteiger partial charge in [0.1, 0.15) is 17.5 Å². The fraction of sp³-hybridized carbons (Fsp3) is 0.647. The molecule has 11 heteroatoms. The van der Waals surface area contributed by atoms with E-state index in [4.69, 9.17) is 9.47 Å². The number of amides is 1. The molecule has 1 amide bonds. The van der Waals surface area contributed by atoms with Crippen LogP contribution in [0.1, 0.15) is 50.0 Å². The minimum Gasteiger partial charge on any atom is -0.501 e. The molecule has 0 saturated carbocycles. The Morgan fingerprint density at radius 3 is 2.39 bits per heavy atom. The Morgan fingerprint density at radius 2 is 1.89 bits per heavy atom. The molecule has 0 aliphatic carbocycles. The number of nitrogens with zero attached hydrogens (tertiary/aromatic N) is 2. The number of carbonyl (C=O) groups excluding carboxylic acids is 2. The van der Waals surface area contributed by atoms with E-state index in [0.717, 1.165) is 12.0 Å². The Labute approximate surface area is 162 Å². The average molecular weight is 401 g/mol. The van der Waals surface area contributed by atoms with Crippen LogP contribution in [0.5, 0.6) is 5.75 Å². The molecule has 1 aromatic rings. The number of carbonyl (C=O) groups is 2. The fourth-order valence-corrected chi connectivity index (χ4v) is 2.07. The summed E-state index contributed by atoms with van der Waals surface area (Å²) in [5.41, 5.74) is -2.36. The first-order valence-corrected chi connectivity index (χ1v) is 8.50. The number of esters is 1. The molecular weight excluding hydrogens is 374 g/mol. The highest BCUT2D eigenvalue weighted by atomic mass is 16.6. The number of rotatable bonds is 7. The van der Waals surface area contributed by atoms with E-state index in [1.807, 2.05) is 0 Å². The van der Waals surface area contributed by atoms with Crippen molar-refractivity contribution in [3.63, 3.8) is 0 Å². The van der Waals surface area contributed by atoms with E-state index < -0.39 is 46.8 Å². The van der Waals surface area contributed by atoms with E-state index in [1.54, 1.807) is 20.8 Å². The highest BCUT2D eigenvalue weighted by Crippen LogP contribution is 2.21. The second-order valence-corrected chi connectivity index (χ2v) is 7.13. The molecule has 2 unspecified atom stereocenters. The number of methoxy groups -OCH3 is 1. The van der Waals surface area contributed by atoms with Crippen LogP contribution in [0.15, 0.2) is 4.79 Å². The van der Waals surface area contributed by atoms with Crippen molar-refractivity contribution < 1.29 is 34.0 Å². The molecular formula is C17H27N3O8. The Balaban J connectivity index is 3.31. The summed E-state index contributed by atoms with van der Waals surface area (Å²) in [6.07, 6.45) is -1.49. The number of aromatic amines is 1. The predicted octanol–water partition coefficient (Wildman–Crippen LogP) is 0.567. The van der Waals surface area contributed by atoms with Crippen LogP contribution in [0, 0.1) is 0 Å². The fourth-order valence-electron chi connectivity index (χ4n) is 2.07. The first kappa shape index (κ1) is 23.4. The summed E-state index contributed by atoms with van der Waals surface area (Å²) in [5, 5.41) is 19.1. The van der Waals surface area contributed by atoms with Crippen molar-refractivity contribution in [2.75, 3.05) is 27.4 Å². The van der Waals surface area contributed by atoms with Crippen molar-refractivity contribution in [1.82, 2.24) is 14.9 Å². The van der Waals surface area contributed by atoms with Crippen molar-refractivity contribution in [3.8, 4) is 5.75 Å². The van der Waals surface area contributed by atoms with Crippen LogP contribution in [0.3, 0.4) is 0 Å². The van der Waals surface area contributed by atoms with Crippen LogP contribution in [-0.2, 0) is 14.2 Å². The van der Waals surface area contributed by atoms with Crippen LogP contribution < -0.4 is 5.56 Å². The maximum absolute atomic E-state index is 12.4. The summed E-state index contributed by atoms with van der Waals surface area (Å²) >= 11 is 0. The van der Waals surface area contributed by atoms with Gasteiger partial charge in [0, 0.05) is 7.05 Å². The molecule has 1 heterocycles. The van der Waals surface area contributed by atoms with Crippen molar-refractivity contribution in [2.45, 2.75) is 45.4 Å². The van der Waals surface area contributed by atoms with E-state index in [-0.39, 0.29) is 19.0 Å². The van der Waals surface area contributed by atoms with Crippen molar-refractivity contribution in [2.24, 2.45) is 0 Å². The van der Waals surface area contributed by atoms with E-state index in [0.29, 0.717) is 0 Å². The van der Waals surface area contributed by atoms with Gasteiger partial charge in [-0.15, -0.1) is 0 Å². The van der Waals surface area contributed by atoms with E-state index in [1.165, 1.54) is 14.0 Å². The van der Waals surface area contributed by atoms with Gasteiger partial charge in [-0.3, -0.25) is 9.69 Å². The molecule has 158 valence electrons. The normalized spacial score (nSPS) is 13.5. The molecule has 0 saturated heterocycles. The van der Waals surface area contributed by atoms with Gasteiger partial charge in [0.2, 0.25) is 5.75 Å². The standard InChI is InChI=1S/C17H27N3O8/c1-9(21)7-27-8-10(20(5)16(25)28-17(2,3)4)13-18-11(15(24)26-6)12(22)14(23)19-13/h9-10,21-22H,7-8H2,1-6H3,(H,18,19,23). The van der Waals surface area contributed by atoms with Crippen LogP contribution in [0.2, 0.25) is 0 Å². The molecule has 0 radical (unpaired) electrons. The van der Waals surface area contributed by atoms with Crippen LogP contribution >= 0.6 is 0 Å². The average Bonchev–Trinajstić information content (AvgIpc) is 2.58. The molecule has 1 rings (SSSR count). The number of ether oxygens (including phenoxy) is 3. The van der Waals surface area contributed by atoms with E-state index in [2.05, 4.69) is 14.7 Å². The zero-order chi connectivity index (χ0) is 21.6. The summed E-state index contributed by atoms with van der Waals surface area (Å²) in [6.45, 7) is 6.37. The number of hydrogen-bond acceptors (Lipinski definition) is 9. The summed E-state index contributed by atoms with van der Waals surface area (Å²) in [4.78, 5) is 43.6. The number of aliphatic hydroxyl groups excluding tert-OH is 1. The predicted molar refractivity (Wildman–Crippen MR) is 97.1 cm³/mol. The monoisotopic (exact) mass is 401 g/mol. The van der Waals surface area contributed by atoms with Crippen LogP contribution in [0.4, 0.5) is 4.79 Å². The number of likely N-dealkylation sites (N-methyl/N-ethyl adjacent to an activating group) is 1. The molecule has 2 atom stereocenters. The van der Waals surface area contributed by atoms with Crippen molar-refractivity contribution in [3.05, 3.63) is 21.9 Å². The molecule has 1 aromatic heterocycles. The SMILES string of the molecule is COC(=O)c1nc(C(COCC(C)O)N(C)C(=O)OC(C)(C)C)[nH]c(=O)c1O. The topological polar surface area (TPSA) is 151 Å². The lowest BCUT2D eigenvalue weighted by Crippen LogP contribution is -2.40. The van der Waals surface area contributed by atoms with Gasteiger partial charge < -0.3 is 29.4 Å². The molecule has 0 bridgehead atoms. The third-order valence-corrected chi connectivity index (χ3v) is 3.39. The summed E-state index contributed by atoms with van der Waals surface area (Å²) in [7, 11) is 2.47. The summed E-state index contributed by atoms with van der Waals surface area (Å²) < 4.78 is 15.2. The lowest BCUT2D eigenvalue weighted by molar-refractivity contribution is -0.00649.